The summed E-state index contributed by atoms with van der Waals surface area (Å²) >= 11 is 0. The largest absolute Gasteiger partial charge is 0.427 e. The summed E-state index contributed by atoms with van der Waals surface area (Å²) in [5.41, 5.74) is 1.66. The first-order valence-electron chi connectivity index (χ1n) is 14.5. The minimum Gasteiger partial charge on any atom is -0.427 e. The molecule has 0 unspecified atom stereocenters. The fourth-order valence-corrected chi connectivity index (χ4v) is 6.48. The summed E-state index contributed by atoms with van der Waals surface area (Å²) in [6, 6.07) is 8.65. The molecular weight excluding hydrogens is 506 g/mol. The van der Waals surface area contributed by atoms with Crippen molar-refractivity contribution >= 4 is 24.5 Å². The molecule has 1 aromatic carbocycles. The smallest absolute Gasteiger partial charge is 0.309 e. The maximum absolute atomic E-state index is 15.3. The van der Waals surface area contributed by atoms with Crippen LogP contribution in [0.25, 0.3) is 16.9 Å². The Balaban J connectivity index is 1.42. The Morgan fingerprint density at radius 3 is 2.55 bits per heavy atom. The molecule has 2 aromatic heterocycles. The highest BCUT2D eigenvalue weighted by Gasteiger charge is 2.59. The van der Waals surface area contributed by atoms with Gasteiger partial charge in [0.15, 0.2) is 5.65 Å². The Bertz CT molecular complexity index is 1460. The Labute approximate surface area is 237 Å². The third-order valence-electron chi connectivity index (χ3n) is 10.4. The van der Waals surface area contributed by atoms with Crippen molar-refractivity contribution in [3.05, 3.63) is 47.5 Å². The van der Waals surface area contributed by atoms with Gasteiger partial charge in [-0.15, -0.1) is 0 Å². The van der Waals surface area contributed by atoms with Crippen LogP contribution in [0.5, 0.6) is 0 Å². The number of rotatable bonds is 7. The second kappa shape index (κ2) is 9.66. The number of aromatic nitrogens is 3. The fraction of sp³-hybridized carbons (Fsp3) is 0.581. The minimum absolute atomic E-state index is 0.0474. The van der Waals surface area contributed by atoms with Crippen molar-refractivity contribution in [3.63, 3.8) is 0 Å². The normalized spacial score (nSPS) is 25.1. The van der Waals surface area contributed by atoms with Gasteiger partial charge in [-0.3, -0.25) is 4.79 Å². The molecule has 1 aliphatic heterocycles. The monoisotopic (exact) mass is 548 g/mol. The number of nitrogens with zero attached hydrogens (tertiary/aromatic N) is 4. The molecule has 5 rings (SSSR count). The van der Waals surface area contributed by atoms with Crippen LogP contribution in [0.3, 0.4) is 0 Å². The molecular formula is C31H42BFN4O3. The molecule has 1 N–H and O–H groups in total. The van der Waals surface area contributed by atoms with Crippen LogP contribution < -0.4 is 5.46 Å². The lowest BCUT2D eigenvalue weighted by molar-refractivity contribution is -0.0893. The van der Waals surface area contributed by atoms with Crippen LogP contribution in [0, 0.1) is 16.6 Å². The molecule has 0 spiro atoms. The highest BCUT2D eigenvalue weighted by Crippen LogP contribution is 2.60. The average Bonchev–Trinajstić information content (AvgIpc) is 3.50. The van der Waals surface area contributed by atoms with Crippen LogP contribution in [0.1, 0.15) is 90.8 Å². The van der Waals surface area contributed by atoms with E-state index in [0.717, 1.165) is 25.1 Å². The second-order valence-electron chi connectivity index (χ2n) is 13.4. The SMILES string of the molecule is CCc1cc(C(=O)N2C[C@]3(C)CCC[C@]3(C)[C@H]2C)nc2cc(-c3ccc(BOC(C)(C)C(C)(C)O)cc3F)nn12. The topological polar surface area (TPSA) is 80.0 Å². The average molecular weight is 549 g/mol. The molecule has 0 radical (unpaired) electrons. The van der Waals surface area contributed by atoms with E-state index in [-0.39, 0.29) is 30.3 Å². The molecule has 214 valence electrons. The number of benzene rings is 1. The molecule has 1 saturated heterocycles. The second-order valence-corrected chi connectivity index (χ2v) is 13.4. The van der Waals surface area contributed by atoms with Crippen molar-refractivity contribution in [3.8, 4) is 11.3 Å². The highest BCUT2D eigenvalue weighted by molar-refractivity contribution is 6.47. The number of hydrogen-bond donors (Lipinski definition) is 1. The van der Waals surface area contributed by atoms with E-state index in [9.17, 15) is 9.90 Å². The Morgan fingerprint density at radius 2 is 1.93 bits per heavy atom. The predicted molar refractivity (Wildman–Crippen MR) is 157 cm³/mol. The summed E-state index contributed by atoms with van der Waals surface area (Å²) in [7, 11) is 0.166. The quantitative estimate of drug-likeness (QED) is 0.434. The first-order valence-corrected chi connectivity index (χ1v) is 14.5. The number of halogens is 1. The van der Waals surface area contributed by atoms with Crippen molar-refractivity contribution < 1.29 is 18.9 Å². The van der Waals surface area contributed by atoms with E-state index >= 15 is 4.39 Å². The van der Waals surface area contributed by atoms with E-state index in [1.165, 1.54) is 12.5 Å². The van der Waals surface area contributed by atoms with Crippen LogP contribution >= 0.6 is 0 Å². The number of aryl methyl sites for hydroxylation is 1. The van der Waals surface area contributed by atoms with Crippen LogP contribution in [0.15, 0.2) is 30.3 Å². The lowest BCUT2D eigenvalue weighted by Crippen LogP contribution is -2.49. The first-order chi connectivity index (χ1) is 18.6. The van der Waals surface area contributed by atoms with Gasteiger partial charge >= 0.3 is 7.48 Å². The Kier molecular flexibility index (Phi) is 6.94. The third-order valence-corrected chi connectivity index (χ3v) is 10.4. The van der Waals surface area contributed by atoms with Crippen molar-refractivity contribution in [2.75, 3.05) is 6.54 Å². The van der Waals surface area contributed by atoms with Gasteiger partial charge in [0.25, 0.3) is 5.91 Å². The zero-order chi connectivity index (χ0) is 29.3. The molecule has 3 heterocycles. The number of amides is 1. The number of likely N-dealkylation sites (tertiary alicyclic amines) is 1. The standard InChI is InChI=1S/C31H42BFN4O3/c1-9-21-16-25(27(38)36-18-30(7)13-10-14-31(30,8)19(36)2)34-26-17-24(35-37(21)26)22-12-11-20(15-23(22)33)32-40-29(5,6)28(3,4)39/h11-12,15-17,19,32,39H,9-10,13-14,18H2,1-8H3/t19-,30+,31-/m1/s1. The predicted octanol–water partition coefficient (Wildman–Crippen LogP) is 4.68. The number of carbonyl (C=O) groups is 1. The van der Waals surface area contributed by atoms with Gasteiger partial charge < -0.3 is 14.7 Å². The minimum atomic E-state index is -1.05. The summed E-state index contributed by atoms with van der Waals surface area (Å²) in [4.78, 5) is 20.5. The van der Waals surface area contributed by atoms with E-state index in [2.05, 4.69) is 25.9 Å². The molecule has 3 aromatic rings. The van der Waals surface area contributed by atoms with Crippen molar-refractivity contribution in [1.29, 1.82) is 0 Å². The zero-order valence-corrected chi connectivity index (χ0v) is 25.1. The van der Waals surface area contributed by atoms with Gasteiger partial charge in [-0.25, -0.2) is 13.9 Å². The summed E-state index contributed by atoms with van der Waals surface area (Å²) in [5.74, 6) is -0.465. The van der Waals surface area contributed by atoms with Gasteiger partial charge in [-0.1, -0.05) is 39.3 Å². The molecule has 1 amide bonds. The number of carbonyl (C=O) groups excluding carboxylic acids is 1. The summed E-state index contributed by atoms with van der Waals surface area (Å²) in [6.45, 7) is 16.6. The van der Waals surface area contributed by atoms with E-state index < -0.39 is 17.0 Å². The summed E-state index contributed by atoms with van der Waals surface area (Å²) < 4.78 is 22.9. The molecule has 40 heavy (non-hydrogen) atoms. The Morgan fingerprint density at radius 1 is 1.20 bits per heavy atom. The van der Waals surface area contributed by atoms with Gasteiger partial charge in [-0.05, 0) is 82.3 Å². The lowest BCUT2D eigenvalue weighted by Gasteiger charge is -2.37. The summed E-state index contributed by atoms with van der Waals surface area (Å²) in [6.07, 6.45) is 4.15. The number of aliphatic hydroxyl groups is 1. The molecule has 1 saturated carbocycles. The first kappa shape index (κ1) is 28.7. The van der Waals surface area contributed by atoms with Crippen molar-refractivity contribution in [2.24, 2.45) is 10.8 Å². The van der Waals surface area contributed by atoms with Gasteiger partial charge in [0.05, 0.1) is 16.9 Å². The zero-order valence-electron chi connectivity index (χ0n) is 25.1. The maximum atomic E-state index is 15.3. The van der Waals surface area contributed by atoms with Crippen LogP contribution in [0.2, 0.25) is 0 Å². The lowest BCUT2D eigenvalue weighted by atomic mass is 9.68. The van der Waals surface area contributed by atoms with Crippen molar-refractivity contribution in [1.82, 2.24) is 19.5 Å². The van der Waals surface area contributed by atoms with Crippen LogP contribution in [-0.2, 0) is 11.1 Å². The maximum Gasteiger partial charge on any atom is 0.309 e. The molecule has 2 aliphatic rings. The van der Waals surface area contributed by atoms with Crippen molar-refractivity contribution in [2.45, 2.75) is 98.3 Å². The number of hydrogen-bond acceptors (Lipinski definition) is 5. The van der Waals surface area contributed by atoms with E-state index in [1.807, 2.05) is 31.7 Å². The van der Waals surface area contributed by atoms with E-state index in [1.54, 1.807) is 36.6 Å². The molecule has 7 nitrogen and oxygen atoms in total. The molecule has 3 atom stereocenters. The van der Waals surface area contributed by atoms with Crippen LogP contribution in [-0.4, -0.2) is 61.8 Å². The van der Waals surface area contributed by atoms with Crippen LogP contribution in [0.4, 0.5) is 4.39 Å². The fourth-order valence-electron chi connectivity index (χ4n) is 6.48. The summed E-state index contributed by atoms with van der Waals surface area (Å²) in [5, 5.41) is 15.0. The molecule has 0 bridgehead atoms. The number of fused-ring (bicyclic) bond motifs is 2. The van der Waals surface area contributed by atoms with Gasteiger partial charge in [0.1, 0.15) is 11.5 Å². The van der Waals surface area contributed by atoms with Gasteiger partial charge in [0, 0.05) is 29.9 Å². The van der Waals surface area contributed by atoms with Gasteiger partial charge in [-0.2, -0.15) is 5.10 Å². The molecule has 1 aliphatic carbocycles. The van der Waals surface area contributed by atoms with Gasteiger partial charge in [0.2, 0.25) is 0 Å². The van der Waals surface area contributed by atoms with E-state index in [4.69, 9.17) is 9.64 Å². The molecule has 9 heteroatoms. The molecule has 2 fully saturated rings. The van der Waals surface area contributed by atoms with E-state index in [0.29, 0.717) is 34.5 Å². The Hall–Kier alpha value is -2.78. The third kappa shape index (κ3) is 4.55. The highest BCUT2D eigenvalue weighted by atomic mass is 19.1.